The van der Waals surface area contributed by atoms with Gasteiger partial charge in [-0.25, -0.2) is 4.79 Å². The topological polar surface area (TPSA) is 53.7 Å². The quantitative estimate of drug-likeness (QED) is 0.872. The van der Waals surface area contributed by atoms with Crippen LogP contribution in [0.5, 0.6) is 5.75 Å². The van der Waals surface area contributed by atoms with Crippen LogP contribution in [0, 0.1) is 6.92 Å². The monoisotopic (exact) mass is 275 g/mol. The molecule has 2 aromatic rings. The maximum absolute atomic E-state index is 12.1. The van der Waals surface area contributed by atoms with Crippen LogP contribution in [0.2, 0.25) is 0 Å². The zero-order valence-electron chi connectivity index (χ0n) is 12.5. The van der Waals surface area contributed by atoms with Crippen LogP contribution in [-0.4, -0.2) is 24.1 Å². The smallest absolute Gasteiger partial charge is 0.339 e. The van der Waals surface area contributed by atoms with E-state index in [-0.39, 0.29) is 11.4 Å². The Labute approximate surface area is 118 Å². The maximum Gasteiger partial charge on any atom is 0.339 e. The first-order chi connectivity index (χ1) is 9.45. The van der Waals surface area contributed by atoms with Gasteiger partial charge < -0.3 is 14.4 Å². The average molecular weight is 275 g/mol. The molecule has 1 heterocycles. The molecule has 108 valence electrons. The van der Waals surface area contributed by atoms with Crippen molar-refractivity contribution in [2.75, 3.05) is 14.1 Å². The summed E-state index contributed by atoms with van der Waals surface area (Å²) in [5.74, 6) is 0.164. The number of aromatic hydroxyl groups is 1. The first-order valence-electron chi connectivity index (χ1n) is 6.87. The summed E-state index contributed by atoms with van der Waals surface area (Å²) >= 11 is 0. The molecule has 0 aliphatic carbocycles. The fourth-order valence-electron chi connectivity index (χ4n) is 2.51. The fraction of sp³-hybridized carbons (Fsp3) is 0.438. The molecule has 0 saturated carbocycles. The summed E-state index contributed by atoms with van der Waals surface area (Å²) in [6.07, 6.45) is 1.62. The van der Waals surface area contributed by atoms with Crippen molar-refractivity contribution in [2.24, 2.45) is 0 Å². The highest BCUT2D eigenvalue weighted by Crippen LogP contribution is 2.30. The predicted octanol–water partition coefficient (Wildman–Crippen LogP) is 2.82. The molecule has 0 spiro atoms. The Morgan fingerprint density at radius 1 is 1.25 bits per heavy atom. The van der Waals surface area contributed by atoms with Gasteiger partial charge >= 0.3 is 5.63 Å². The zero-order valence-corrected chi connectivity index (χ0v) is 12.5. The van der Waals surface area contributed by atoms with E-state index >= 15 is 0 Å². The first kappa shape index (κ1) is 14.6. The molecule has 0 amide bonds. The van der Waals surface area contributed by atoms with Crippen molar-refractivity contribution in [3.05, 3.63) is 39.2 Å². The molecule has 0 bridgehead atoms. The van der Waals surface area contributed by atoms with E-state index in [9.17, 15) is 9.90 Å². The fourth-order valence-corrected chi connectivity index (χ4v) is 2.51. The van der Waals surface area contributed by atoms with Crippen molar-refractivity contribution in [1.29, 1.82) is 0 Å². The van der Waals surface area contributed by atoms with Gasteiger partial charge in [-0.2, -0.15) is 0 Å². The maximum atomic E-state index is 12.1. The van der Waals surface area contributed by atoms with E-state index in [1.54, 1.807) is 6.07 Å². The number of fused-ring (bicyclic) bond motifs is 1. The second-order valence-corrected chi connectivity index (χ2v) is 5.42. The summed E-state index contributed by atoms with van der Waals surface area (Å²) in [5.41, 5.74) is 2.57. The van der Waals surface area contributed by atoms with E-state index in [0.717, 1.165) is 22.9 Å². The lowest BCUT2D eigenvalue weighted by Gasteiger charge is -2.14. The third-order valence-corrected chi connectivity index (χ3v) is 3.51. The molecular weight excluding hydrogens is 254 g/mol. The molecule has 4 heteroatoms. The molecule has 4 nitrogen and oxygen atoms in total. The van der Waals surface area contributed by atoms with Gasteiger partial charge in [0.2, 0.25) is 0 Å². The predicted molar refractivity (Wildman–Crippen MR) is 80.3 cm³/mol. The number of hydrogen-bond donors (Lipinski definition) is 1. The molecule has 1 N–H and O–H groups in total. The van der Waals surface area contributed by atoms with Crippen LogP contribution >= 0.6 is 0 Å². The largest absolute Gasteiger partial charge is 0.507 e. The molecule has 20 heavy (non-hydrogen) atoms. The molecular formula is C16H21NO3. The van der Waals surface area contributed by atoms with Crippen LogP contribution in [0.25, 0.3) is 11.0 Å². The first-order valence-corrected chi connectivity index (χ1v) is 6.87. The van der Waals surface area contributed by atoms with Crippen molar-refractivity contribution >= 4 is 11.0 Å². The van der Waals surface area contributed by atoms with E-state index in [4.69, 9.17) is 4.42 Å². The molecule has 0 saturated heterocycles. The van der Waals surface area contributed by atoms with Gasteiger partial charge in [-0.3, -0.25) is 0 Å². The minimum absolute atomic E-state index is 0.164. The van der Waals surface area contributed by atoms with Gasteiger partial charge in [0.25, 0.3) is 0 Å². The number of rotatable bonds is 4. The van der Waals surface area contributed by atoms with Gasteiger partial charge in [0.05, 0.1) is 5.56 Å². The third-order valence-electron chi connectivity index (χ3n) is 3.51. The number of phenolic OH excluding ortho intramolecular Hbond substituents is 1. The lowest BCUT2D eigenvalue weighted by atomic mass is 10.00. The van der Waals surface area contributed by atoms with E-state index in [1.807, 2.05) is 38.9 Å². The highest BCUT2D eigenvalue weighted by atomic mass is 16.4. The number of hydrogen-bond acceptors (Lipinski definition) is 4. The molecule has 0 aliphatic heterocycles. The summed E-state index contributed by atoms with van der Waals surface area (Å²) in [6.45, 7) is 4.51. The van der Waals surface area contributed by atoms with E-state index in [1.165, 1.54) is 0 Å². The van der Waals surface area contributed by atoms with E-state index < -0.39 is 0 Å². The minimum atomic E-state index is -0.289. The van der Waals surface area contributed by atoms with Crippen LogP contribution in [0.15, 0.2) is 21.3 Å². The highest BCUT2D eigenvalue weighted by molar-refractivity contribution is 5.85. The summed E-state index contributed by atoms with van der Waals surface area (Å²) in [4.78, 5) is 14.1. The molecule has 2 rings (SSSR count). The second-order valence-electron chi connectivity index (χ2n) is 5.42. The number of nitrogens with zero attached hydrogens (tertiary/aromatic N) is 1. The summed E-state index contributed by atoms with van der Waals surface area (Å²) < 4.78 is 5.50. The molecule has 0 unspecified atom stereocenters. The van der Waals surface area contributed by atoms with Crippen LogP contribution in [0.4, 0.5) is 0 Å². The average Bonchev–Trinajstić information content (AvgIpc) is 2.38. The zero-order chi connectivity index (χ0) is 14.9. The Kier molecular flexibility index (Phi) is 4.14. The van der Waals surface area contributed by atoms with Crippen molar-refractivity contribution < 1.29 is 9.52 Å². The van der Waals surface area contributed by atoms with Crippen LogP contribution in [-0.2, 0) is 13.0 Å². The summed E-state index contributed by atoms with van der Waals surface area (Å²) in [6, 6.07) is 3.49. The highest BCUT2D eigenvalue weighted by Gasteiger charge is 2.16. The normalized spacial score (nSPS) is 11.4. The van der Waals surface area contributed by atoms with Gasteiger partial charge in [0.1, 0.15) is 11.3 Å². The Hall–Kier alpha value is -1.81. The Morgan fingerprint density at radius 3 is 2.55 bits per heavy atom. The van der Waals surface area contributed by atoms with Crippen molar-refractivity contribution in [3.8, 4) is 5.75 Å². The van der Waals surface area contributed by atoms with Crippen LogP contribution in [0.1, 0.15) is 30.0 Å². The lowest BCUT2D eigenvalue weighted by Crippen LogP contribution is -2.14. The minimum Gasteiger partial charge on any atom is -0.507 e. The molecule has 0 fully saturated rings. The second kappa shape index (κ2) is 5.67. The Balaban J connectivity index is 2.76. The SMILES string of the molecule is CCCc1c(C)c2ccc(O)c(CN(C)C)c2oc1=O. The van der Waals surface area contributed by atoms with Crippen molar-refractivity contribution in [2.45, 2.75) is 33.2 Å². The third kappa shape index (κ3) is 2.56. The number of phenols is 1. The van der Waals surface area contributed by atoms with E-state index in [2.05, 4.69) is 0 Å². The van der Waals surface area contributed by atoms with Crippen LogP contribution < -0.4 is 5.63 Å². The lowest BCUT2D eigenvalue weighted by molar-refractivity contribution is 0.383. The molecule has 1 aromatic heterocycles. The van der Waals surface area contributed by atoms with Gasteiger partial charge in [0, 0.05) is 17.5 Å². The van der Waals surface area contributed by atoms with Gasteiger partial charge in [-0.15, -0.1) is 0 Å². The van der Waals surface area contributed by atoms with E-state index in [0.29, 0.717) is 24.1 Å². The summed E-state index contributed by atoms with van der Waals surface area (Å²) in [5, 5.41) is 10.9. The van der Waals surface area contributed by atoms with Crippen LogP contribution in [0.3, 0.4) is 0 Å². The van der Waals surface area contributed by atoms with Gasteiger partial charge in [0.15, 0.2) is 0 Å². The molecule has 0 radical (unpaired) electrons. The molecule has 1 aromatic carbocycles. The molecule has 0 atom stereocenters. The van der Waals surface area contributed by atoms with Crippen molar-refractivity contribution in [1.82, 2.24) is 4.90 Å². The number of aryl methyl sites for hydroxylation is 1. The van der Waals surface area contributed by atoms with Gasteiger partial charge in [-0.05, 0) is 45.1 Å². The molecule has 0 aliphatic rings. The Morgan fingerprint density at radius 2 is 1.95 bits per heavy atom. The standard InChI is InChI=1S/C16H21NO3/c1-5-6-12-10(2)11-7-8-14(18)13(9-17(3)4)15(11)20-16(12)19/h7-8,18H,5-6,9H2,1-4H3. The summed E-state index contributed by atoms with van der Waals surface area (Å²) in [7, 11) is 3.82. The van der Waals surface area contributed by atoms with Gasteiger partial charge in [-0.1, -0.05) is 13.3 Å². The van der Waals surface area contributed by atoms with Crippen molar-refractivity contribution in [3.63, 3.8) is 0 Å². The number of benzene rings is 1. The Bertz CT molecular complexity index is 686.